The third-order valence-corrected chi connectivity index (χ3v) is 3.69. The van der Waals surface area contributed by atoms with Crippen LogP contribution in [0.2, 0.25) is 5.02 Å². The van der Waals surface area contributed by atoms with E-state index in [4.69, 9.17) is 11.6 Å². The molecule has 1 atom stereocenters. The van der Waals surface area contributed by atoms with Gasteiger partial charge in [-0.25, -0.2) is 0 Å². The van der Waals surface area contributed by atoms with E-state index in [-0.39, 0.29) is 0 Å². The largest absolute Gasteiger partial charge is 0.355 e. The third kappa shape index (κ3) is 4.72. The summed E-state index contributed by atoms with van der Waals surface area (Å²) in [6.45, 7) is 3.80. The van der Waals surface area contributed by atoms with Gasteiger partial charge in [-0.3, -0.25) is 4.99 Å². The van der Waals surface area contributed by atoms with Crippen molar-refractivity contribution in [3.63, 3.8) is 0 Å². The molecule has 5 nitrogen and oxygen atoms in total. The molecule has 1 aromatic rings. The molecule has 1 N–H and O–H groups in total. The van der Waals surface area contributed by atoms with Crippen LogP contribution in [-0.2, 0) is 13.6 Å². The summed E-state index contributed by atoms with van der Waals surface area (Å²) in [5, 5.41) is 4.15. The second kappa shape index (κ2) is 7.55. The Hall–Kier alpha value is -1.20. The first-order chi connectivity index (χ1) is 9.35. The number of nitrogens with one attached hydrogen (secondary N) is 1. The molecule has 0 amide bonds. The van der Waals surface area contributed by atoms with Crippen molar-refractivity contribution in [2.24, 2.45) is 12.0 Å². The van der Waals surface area contributed by atoms with Crippen LogP contribution < -0.4 is 5.32 Å². The number of likely N-dealkylation sites (N-methyl/N-ethyl adjacent to an activating group) is 1. The lowest BCUT2D eigenvalue weighted by molar-refractivity contribution is 0.309. The van der Waals surface area contributed by atoms with E-state index >= 15 is 0 Å². The average molecular weight is 300 g/mol. The normalized spacial score (nSPS) is 13.7. The zero-order valence-electron chi connectivity index (χ0n) is 13.3. The SMILES string of the molecule is CN=C(NCC(C)N(C)C)N(C)Cc1cc(Cl)cn1C. The Labute approximate surface area is 127 Å². The van der Waals surface area contributed by atoms with Gasteiger partial charge in [-0.05, 0) is 27.1 Å². The zero-order valence-corrected chi connectivity index (χ0v) is 14.1. The summed E-state index contributed by atoms with van der Waals surface area (Å²) >= 11 is 6.01. The van der Waals surface area contributed by atoms with Gasteiger partial charge in [0.25, 0.3) is 0 Å². The van der Waals surface area contributed by atoms with Crippen molar-refractivity contribution in [1.82, 2.24) is 19.7 Å². The number of aromatic nitrogens is 1. The first-order valence-electron chi connectivity index (χ1n) is 6.74. The minimum Gasteiger partial charge on any atom is -0.355 e. The molecule has 1 rings (SSSR count). The highest BCUT2D eigenvalue weighted by Crippen LogP contribution is 2.14. The minimum absolute atomic E-state index is 0.449. The molecule has 0 bridgehead atoms. The zero-order chi connectivity index (χ0) is 15.3. The van der Waals surface area contributed by atoms with Gasteiger partial charge >= 0.3 is 0 Å². The maximum absolute atomic E-state index is 6.01. The standard InChI is InChI=1S/C14H26ClN5/c1-11(18(3)4)8-17-14(16-2)20(6)10-13-7-12(15)9-19(13)5/h7,9,11H,8,10H2,1-6H3,(H,16,17). The van der Waals surface area contributed by atoms with Crippen LogP contribution in [0.4, 0.5) is 0 Å². The second-order valence-corrected chi connectivity index (χ2v) is 5.79. The molecule has 114 valence electrons. The van der Waals surface area contributed by atoms with Crippen LogP contribution in [0.3, 0.4) is 0 Å². The first-order valence-corrected chi connectivity index (χ1v) is 7.12. The highest BCUT2D eigenvalue weighted by atomic mass is 35.5. The summed E-state index contributed by atoms with van der Waals surface area (Å²) < 4.78 is 2.04. The smallest absolute Gasteiger partial charge is 0.193 e. The van der Waals surface area contributed by atoms with E-state index in [1.807, 2.05) is 30.9 Å². The number of aryl methyl sites for hydroxylation is 1. The Morgan fingerprint density at radius 1 is 1.45 bits per heavy atom. The Morgan fingerprint density at radius 2 is 2.10 bits per heavy atom. The Morgan fingerprint density at radius 3 is 2.55 bits per heavy atom. The summed E-state index contributed by atoms with van der Waals surface area (Å²) in [5.41, 5.74) is 1.15. The lowest BCUT2D eigenvalue weighted by atomic mass is 10.3. The summed E-state index contributed by atoms with van der Waals surface area (Å²) in [6.07, 6.45) is 1.91. The topological polar surface area (TPSA) is 35.8 Å². The van der Waals surface area contributed by atoms with Gasteiger partial charge in [-0.2, -0.15) is 0 Å². The Balaban J connectivity index is 2.59. The predicted octanol–water partition coefficient (Wildman–Crippen LogP) is 1.64. The predicted molar refractivity (Wildman–Crippen MR) is 86.4 cm³/mol. The lowest BCUT2D eigenvalue weighted by Crippen LogP contribution is -2.44. The van der Waals surface area contributed by atoms with Gasteiger partial charge in [-0.1, -0.05) is 11.6 Å². The minimum atomic E-state index is 0.449. The van der Waals surface area contributed by atoms with Crippen LogP contribution in [0.5, 0.6) is 0 Å². The molecule has 0 spiro atoms. The fourth-order valence-corrected chi connectivity index (χ4v) is 2.12. The molecule has 0 saturated heterocycles. The van der Waals surface area contributed by atoms with Gasteiger partial charge < -0.3 is 19.7 Å². The van der Waals surface area contributed by atoms with Gasteiger partial charge in [0, 0.05) is 45.6 Å². The van der Waals surface area contributed by atoms with Gasteiger partial charge in [-0.15, -0.1) is 0 Å². The van der Waals surface area contributed by atoms with Crippen molar-refractivity contribution in [2.75, 3.05) is 34.7 Å². The summed E-state index contributed by atoms with van der Waals surface area (Å²) in [4.78, 5) is 8.59. The number of hydrogen-bond acceptors (Lipinski definition) is 2. The molecule has 1 unspecified atom stereocenters. The molecule has 1 aromatic heterocycles. The summed E-state index contributed by atoms with van der Waals surface area (Å²) in [5.74, 6) is 0.885. The fourth-order valence-electron chi connectivity index (χ4n) is 1.85. The quantitative estimate of drug-likeness (QED) is 0.663. The molecule has 0 radical (unpaired) electrons. The van der Waals surface area contributed by atoms with Crippen LogP contribution in [-0.4, -0.2) is 61.1 Å². The van der Waals surface area contributed by atoms with Crippen LogP contribution in [0.15, 0.2) is 17.3 Å². The monoisotopic (exact) mass is 299 g/mol. The van der Waals surface area contributed by atoms with E-state index in [0.29, 0.717) is 6.04 Å². The Bertz CT molecular complexity index is 452. The molecule has 0 aliphatic heterocycles. The number of nitrogens with zero attached hydrogens (tertiary/aromatic N) is 4. The van der Waals surface area contributed by atoms with E-state index < -0.39 is 0 Å². The molecular weight excluding hydrogens is 274 g/mol. The maximum atomic E-state index is 6.01. The van der Waals surface area contributed by atoms with Crippen molar-refractivity contribution >= 4 is 17.6 Å². The summed E-state index contributed by atoms with van der Waals surface area (Å²) in [6, 6.07) is 2.43. The van der Waals surface area contributed by atoms with Crippen molar-refractivity contribution in [3.05, 3.63) is 23.0 Å². The van der Waals surface area contributed by atoms with Gasteiger partial charge in [0.15, 0.2) is 5.96 Å². The number of halogens is 1. The number of aliphatic imine (C=N–C) groups is 1. The van der Waals surface area contributed by atoms with Crippen LogP contribution in [0, 0.1) is 0 Å². The molecule has 0 aliphatic rings. The first kappa shape index (κ1) is 16.9. The highest BCUT2D eigenvalue weighted by Gasteiger charge is 2.11. The second-order valence-electron chi connectivity index (χ2n) is 5.36. The van der Waals surface area contributed by atoms with E-state index in [9.17, 15) is 0 Å². The van der Waals surface area contributed by atoms with Gasteiger partial charge in [0.1, 0.15) is 0 Å². The average Bonchev–Trinajstić information content (AvgIpc) is 2.68. The number of hydrogen-bond donors (Lipinski definition) is 1. The van der Waals surface area contributed by atoms with E-state index in [2.05, 4.69) is 41.1 Å². The van der Waals surface area contributed by atoms with E-state index in [1.54, 1.807) is 7.05 Å². The number of rotatable bonds is 5. The summed E-state index contributed by atoms with van der Waals surface area (Å²) in [7, 11) is 9.97. The van der Waals surface area contributed by atoms with E-state index in [1.165, 1.54) is 0 Å². The van der Waals surface area contributed by atoms with Gasteiger partial charge in [0.2, 0.25) is 0 Å². The molecule has 0 aliphatic carbocycles. The van der Waals surface area contributed by atoms with Gasteiger partial charge in [0.05, 0.1) is 11.6 Å². The molecular formula is C14H26ClN5. The Kier molecular flexibility index (Phi) is 6.36. The molecule has 0 aromatic carbocycles. The maximum Gasteiger partial charge on any atom is 0.193 e. The molecule has 20 heavy (non-hydrogen) atoms. The van der Waals surface area contributed by atoms with Crippen LogP contribution >= 0.6 is 11.6 Å². The molecule has 0 fully saturated rings. The van der Waals surface area contributed by atoms with Crippen molar-refractivity contribution in [1.29, 1.82) is 0 Å². The molecule has 6 heteroatoms. The molecule has 1 heterocycles. The lowest BCUT2D eigenvalue weighted by Gasteiger charge is -2.26. The highest BCUT2D eigenvalue weighted by molar-refractivity contribution is 6.30. The van der Waals surface area contributed by atoms with Crippen molar-refractivity contribution in [3.8, 4) is 0 Å². The van der Waals surface area contributed by atoms with Crippen LogP contribution in [0.25, 0.3) is 0 Å². The fraction of sp³-hybridized carbons (Fsp3) is 0.643. The van der Waals surface area contributed by atoms with Crippen molar-refractivity contribution in [2.45, 2.75) is 19.5 Å². The third-order valence-electron chi connectivity index (χ3n) is 3.48. The van der Waals surface area contributed by atoms with E-state index in [0.717, 1.165) is 29.8 Å². The molecule has 0 saturated carbocycles. The van der Waals surface area contributed by atoms with Crippen LogP contribution in [0.1, 0.15) is 12.6 Å². The van der Waals surface area contributed by atoms with Crippen molar-refractivity contribution < 1.29 is 0 Å². The number of guanidine groups is 1.